The van der Waals surface area contributed by atoms with Gasteiger partial charge in [-0.1, -0.05) is 113 Å². The molecule has 0 spiro atoms. The summed E-state index contributed by atoms with van der Waals surface area (Å²) >= 11 is 0. The van der Waals surface area contributed by atoms with Gasteiger partial charge in [0.2, 0.25) is 0 Å². The van der Waals surface area contributed by atoms with E-state index in [0.29, 0.717) is 0 Å². The summed E-state index contributed by atoms with van der Waals surface area (Å²) in [6.07, 6.45) is 0. The third-order valence-corrected chi connectivity index (χ3v) is 6.96. The van der Waals surface area contributed by atoms with Crippen molar-refractivity contribution in [1.29, 1.82) is 0 Å². The molecule has 37 heavy (non-hydrogen) atoms. The molecule has 0 aromatic heterocycles. The molecule has 0 aliphatic carbocycles. The molecule has 0 nitrogen and oxygen atoms in total. The zero-order valence-electron chi connectivity index (χ0n) is 23.7. The van der Waals surface area contributed by atoms with Crippen molar-refractivity contribution in [3.63, 3.8) is 0 Å². The first kappa shape index (κ1) is 30.7. The minimum atomic E-state index is 0. The second-order valence-electron chi connectivity index (χ2n) is 11.6. The van der Waals surface area contributed by atoms with Gasteiger partial charge in [0, 0.05) is 0 Å². The Morgan fingerprint density at radius 1 is 0.432 bits per heavy atom. The largest absolute Gasteiger partial charge is 4.00 e. The van der Waals surface area contributed by atoms with Gasteiger partial charge in [-0.05, 0) is 10.8 Å². The Morgan fingerprint density at radius 2 is 0.757 bits per heavy atom. The first-order valence-electron chi connectivity index (χ1n) is 12.3. The van der Waals surface area contributed by atoms with Crippen molar-refractivity contribution in [2.24, 2.45) is 0 Å². The molecule has 0 N–H and O–H groups in total. The van der Waals surface area contributed by atoms with Crippen LogP contribution in [0.15, 0.2) is 97.1 Å². The zero-order valence-corrected chi connectivity index (χ0v) is 27.3. The van der Waals surface area contributed by atoms with Crippen molar-refractivity contribution in [2.45, 2.75) is 52.4 Å². The van der Waals surface area contributed by atoms with Gasteiger partial charge in [0.05, 0.1) is 0 Å². The average molecular weight is 651 g/mol. The van der Waals surface area contributed by atoms with Gasteiger partial charge < -0.3 is 14.9 Å². The van der Waals surface area contributed by atoms with Crippen LogP contribution in [0.5, 0.6) is 0 Å². The van der Waals surface area contributed by atoms with Crippen LogP contribution in [0.1, 0.15) is 52.7 Å². The maximum absolute atomic E-state index is 2.35. The maximum atomic E-state index is 2.35. The summed E-state index contributed by atoms with van der Waals surface area (Å²) in [6, 6.07) is 35.5. The van der Waals surface area contributed by atoms with Gasteiger partial charge in [0.1, 0.15) is 0 Å². The molecule has 0 heterocycles. The number of hydrogen-bond acceptors (Lipinski definition) is 0. The standard InChI is InChI=1S/C21H25.C13H9.2CH3.Hf/c1-20(2,3)16-7-9-18-14(12-16)11-15-13-17(21(4,5)6)8-10-19(15)18;1-3-7-12-10(5-1)9-11-6-2-4-8-13(11)12;;;/h7-13H,1-6H3;1-9H;2*1H3;/q4*-1;+4. The SMILES string of the molecule is CC(C)(C)c1ccc2c(c1)[cH-]c1cc(C(C)(C)C)ccc12.[CH3-].[CH3-].[Hf+4].c1ccc2c(c1)[cH-]c1ccccc12. The molecule has 0 unspecified atom stereocenters. The molecule has 6 aromatic carbocycles. The summed E-state index contributed by atoms with van der Waals surface area (Å²) in [7, 11) is 0. The molecule has 0 amide bonds. The molecule has 0 radical (unpaired) electrons. The van der Waals surface area contributed by atoms with Crippen LogP contribution in [-0.4, -0.2) is 0 Å². The van der Waals surface area contributed by atoms with E-state index < -0.39 is 0 Å². The van der Waals surface area contributed by atoms with E-state index in [0.717, 1.165) is 0 Å². The van der Waals surface area contributed by atoms with Crippen LogP contribution < -0.4 is 0 Å². The van der Waals surface area contributed by atoms with Gasteiger partial charge in [0.15, 0.2) is 0 Å². The van der Waals surface area contributed by atoms with E-state index in [1.165, 1.54) is 54.2 Å². The number of fused-ring (bicyclic) bond motifs is 6. The fourth-order valence-electron chi connectivity index (χ4n) is 4.86. The number of hydrogen-bond donors (Lipinski definition) is 0. The Labute approximate surface area is 243 Å². The van der Waals surface area contributed by atoms with E-state index in [9.17, 15) is 0 Å². The smallest absolute Gasteiger partial charge is 0.358 e. The van der Waals surface area contributed by atoms with E-state index >= 15 is 0 Å². The van der Waals surface area contributed by atoms with Crippen LogP contribution in [0.4, 0.5) is 0 Å². The fourth-order valence-corrected chi connectivity index (χ4v) is 4.86. The van der Waals surface area contributed by atoms with Gasteiger partial charge >= 0.3 is 25.8 Å². The monoisotopic (exact) mass is 652 g/mol. The molecule has 0 aliphatic rings. The van der Waals surface area contributed by atoms with Crippen molar-refractivity contribution < 1.29 is 25.8 Å². The van der Waals surface area contributed by atoms with Crippen LogP contribution in [0.3, 0.4) is 0 Å². The average Bonchev–Trinajstić information content (AvgIpc) is 3.35. The normalized spacial score (nSPS) is 11.4. The van der Waals surface area contributed by atoms with Crippen LogP contribution in [0, 0.1) is 14.9 Å². The molecule has 1 heteroatoms. The molecule has 0 fully saturated rings. The molecule has 0 saturated heterocycles. The summed E-state index contributed by atoms with van der Waals surface area (Å²) in [5.41, 5.74) is 3.21. The van der Waals surface area contributed by atoms with Gasteiger partial charge in [-0.3, -0.25) is 0 Å². The molecular formula is C36H40Hf. The summed E-state index contributed by atoms with van der Waals surface area (Å²) in [5.74, 6) is 0. The Balaban J connectivity index is 0.000000261. The predicted molar refractivity (Wildman–Crippen MR) is 164 cm³/mol. The first-order chi connectivity index (χ1) is 16.1. The van der Waals surface area contributed by atoms with Gasteiger partial charge in [-0.15, -0.1) is 79.5 Å². The second-order valence-corrected chi connectivity index (χ2v) is 11.6. The van der Waals surface area contributed by atoms with E-state index in [4.69, 9.17) is 0 Å². The van der Waals surface area contributed by atoms with Crippen LogP contribution in [0.2, 0.25) is 0 Å². The van der Waals surface area contributed by atoms with Crippen molar-refractivity contribution in [2.75, 3.05) is 0 Å². The third kappa shape index (κ3) is 6.15. The third-order valence-electron chi connectivity index (χ3n) is 6.96. The van der Waals surface area contributed by atoms with Crippen molar-refractivity contribution in [3.05, 3.63) is 123 Å². The maximum Gasteiger partial charge on any atom is 4.00 e. The van der Waals surface area contributed by atoms with Crippen LogP contribution >= 0.6 is 0 Å². The summed E-state index contributed by atoms with van der Waals surface area (Å²) in [6.45, 7) is 13.6. The molecule has 0 saturated carbocycles. The van der Waals surface area contributed by atoms with Crippen molar-refractivity contribution in [1.82, 2.24) is 0 Å². The van der Waals surface area contributed by atoms with Crippen LogP contribution in [-0.2, 0) is 36.7 Å². The Morgan fingerprint density at radius 3 is 1.14 bits per heavy atom. The summed E-state index contributed by atoms with van der Waals surface area (Å²) in [4.78, 5) is 0. The van der Waals surface area contributed by atoms with E-state index in [2.05, 4.69) is 139 Å². The van der Waals surface area contributed by atoms with Gasteiger partial charge in [-0.2, -0.15) is 0 Å². The molecule has 0 aliphatic heterocycles. The van der Waals surface area contributed by atoms with E-state index in [1.54, 1.807) is 0 Å². The van der Waals surface area contributed by atoms with Crippen molar-refractivity contribution >= 4 is 43.1 Å². The van der Waals surface area contributed by atoms with Gasteiger partial charge in [0.25, 0.3) is 0 Å². The van der Waals surface area contributed by atoms with Crippen molar-refractivity contribution in [3.8, 4) is 0 Å². The quantitative estimate of drug-likeness (QED) is 0.113. The van der Waals surface area contributed by atoms with E-state index in [-0.39, 0.29) is 51.5 Å². The fraction of sp³-hybridized carbons (Fsp3) is 0.222. The predicted octanol–water partition coefficient (Wildman–Crippen LogP) is 10.9. The molecular weight excluding hydrogens is 611 g/mol. The Bertz CT molecular complexity index is 1490. The number of benzene rings is 4. The van der Waals surface area contributed by atoms with Crippen LogP contribution in [0.25, 0.3) is 43.1 Å². The zero-order chi connectivity index (χ0) is 24.1. The van der Waals surface area contributed by atoms with Gasteiger partial charge in [-0.25, -0.2) is 0 Å². The topological polar surface area (TPSA) is 0 Å². The molecule has 188 valence electrons. The molecule has 0 bridgehead atoms. The molecule has 6 aromatic rings. The summed E-state index contributed by atoms with van der Waals surface area (Å²) < 4.78 is 0. The second kappa shape index (κ2) is 11.5. The summed E-state index contributed by atoms with van der Waals surface area (Å²) in [5, 5.41) is 10.9. The minimum absolute atomic E-state index is 0. The molecule has 6 rings (SSSR count). The minimum Gasteiger partial charge on any atom is -0.358 e. The first-order valence-corrected chi connectivity index (χ1v) is 12.3. The Kier molecular flexibility index (Phi) is 9.53. The van der Waals surface area contributed by atoms with E-state index in [1.807, 2.05) is 0 Å². The number of rotatable bonds is 0. The Hall–Kier alpha value is -2.51. The molecule has 0 atom stereocenters.